The minimum absolute atomic E-state index is 0. The molecule has 1 aromatic heterocycles. The van der Waals surface area contributed by atoms with Crippen LogP contribution in [0.2, 0.25) is 0 Å². The zero-order chi connectivity index (χ0) is 16.2. The third-order valence-corrected chi connectivity index (χ3v) is 4.86. The van der Waals surface area contributed by atoms with Crippen LogP contribution in [0.4, 0.5) is 11.5 Å². The maximum absolute atomic E-state index is 12.3. The number of amides is 1. The molecule has 2 aliphatic rings. The topological polar surface area (TPSA) is 60.5 Å². The van der Waals surface area contributed by atoms with E-state index in [0.29, 0.717) is 11.9 Å². The number of carbonyl (C=O) groups is 1. The van der Waals surface area contributed by atoms with Crippen LogP contribution in [0.25, 0.3) is 0 Å². The molecule has 6 nitrogen and oxygen atoms in total. The Hall–Kier alpha value is -1.37. The molecule has 1 aromatic rings. The predicted molar refractivity (Wildman–Crippen MR) is 100 cm³/mol. The molecule has 2 aliphatic heterocycles. The zero-order valence-corrected chi connectivity index (χ0v) is 15.3. The van der Waals surface area contributed by atoms with Gasteiger partial charge in [0.15, 0.2) is 0 Å². The lowest BCUT2D eigenvalue weighted by Crippen LogP contribution is -2.44. The monoisotopic (exact) mass is 353 g/mol. The molecule has 0 aromatic carbocycles. The van der Waals surface area contributed by atoms with E-state index in [2.05, 4.69) is 45.5 Å². The lowest BCUT2D eigenvalue weighted by atomic mass is 9.92. The van der Waals surface area contributed by atoms with Crippen LogP contribution in [-0.4, -0.2) is 61.6 Å². The van der Waals surface area contributed by atoms with E-state index < -0.39 is 0 Å². The van der Waals surface area contributed by atoms with Crippen LogP contribution in [0.15, 0.2) is 18.3 Å². The van der Waals surface area contributed by atoms with E-state index in [0.717, 1.165) is 51.3 Å². The van der Waals surface area contributed by atoms with E-state index >= 15 is 0 Å². The van der Waals surface area contributed by atoms with Crippen LogP contribution in [0.5, 0.6) is 0 Å². The van der Waals surface area contributed by atoms with E-state index in [1.165, 1.54) is 0 Å². The summed E-state index contributed by atoms with van der Waals surface area (Å²) in [6.45, 7) is 7.24. The molecule has 2 saturated heterocycles. The second-order valence-corrected chi connectivity index (χ2v) is 6.76. The van der Waals surface area contributed by atoms with Crippen molar-refractivity contribution in [1.29, 1.82) is 0 Å². The summed E-state index contributed by atoms with van der Waals surface area (Å²) < 4.78 is 0. The Bertz CT molecular complexity index is 530. The van der Waals surface area contributed by atoms with E-state index in [1.54, 1.807) is 0 Å². The largest absolute Gasteiger partial charge is 0.368 e. The maximum atomic E-state index is 12.3. The van der Waals surface area contributed by atoms with Gasteiger partial charge in [-0.05, 0) is 45.5 Å². The van der Waals surface area contributed by atoms with Crippen molar-refractivity contribution in [2.45, 2.75) is 25.8 Å². The van der Waals surface area contributed by atoms with E-state index in [-0.39, 0.29) is 24.2 Å². The summed E-state index contributed by atoms with van der Waals surface area (Å²) in [6.07, 6.45) is 3.66. The average molecular weight is 354 g/mol. The standard InChI is InChI=1S/C17H27N5O.ClH/c1-13-11-14(5-6-18-13)17(23)20-16-4-3-15(12-19-16)22-9-7-21(2)8-10-22;/h3-4,12-14,18H,5-11H2,1-2H3,(H,19,20,23);1H/t13-,14-;/m0./s1. The highest BCUT2D eigenvalue weighted by atomic mass is 35.5. The van der Waals surface area contributed by atoms with Gasteiger partial charge in [-0.3, -0.25) is 4.79 Å². The van der Waals surface area contributed by atoms with Gasteiger partial charge < -0.3 is 20.4 Å². The molecule has 134 valence electrons. The summed E-state index contributed by atoms with van der Waals surface area (Å²) in [6, 6.07) is 4.38. The number of hydrogen-bond donors (Lipinski definition) is 2. The second kappa shape index (κ2) is 8.65. The molecule has 0 spiro atoms. The molecule has 1 amide bonds. The van der Waals surface area contributed by atoms with Crippen molar-refractivity contribution in [2.75, 3.05) is 50.0 Å². The molecular weight excluding hydrogens is 326 g/mol. The van der Waals surface area contributed by atoms with E-state index in [4.69, 9.17) is 0 Å². The molecule has 7 heteroatoms. The Kier molecular flexibility index (Phi) is 6.83. The first-order valence-electron chi connectivity index (χ1n) is 8.55. The number of piperazine rings is 1. The lowest BCUT2D eigenvalue weighted by molar-refractivity contribution is -0.120. The molecule has 0 bridgehead atoms. The number of carbonyl (C=O) groups excluding carboxylic acids is 1. The SMILES string of the molecule is C[C@H]1C[C@@H](C(=O)Nc2ccc(N3CCN(C)CC3)cn2)CCN1.Cl. The first-order chi connectivity index (χ1) is 11.1. The second-order valence-electron chi connectivity index (χ2n) is 6.76. The van der Waals surface area contributed by atoms with Gasteiger partial charge in [0.2, 0.25) is 5.91 Å². The normalized spacial score (nSPS) is 25.0. The molecule has 2 N–H and O–H groups in total. The van der Waals surface area contributed by atoms with Crippen LogP contribution in [0.1, 0.15) is 19.8 Å². The van der Waals surface area contributed by atoms with Crippen molar-refractivity contribution >= 4 is 29.8 Å². The molecule has 0 radical (unpaired) electrons. The smallest absolute Gasteiger partial charge is 0.228 e. The van der Waals surface area contributed by atoms with Gasteiger partial charge in [0, 0.05) is 38.1 Å². The predicted octanol–water partition coefficient (Wildman–Crippen LogP) is 1.58. The number of hydrogen-bond acceptors (Lipinski definition) is 5. The minimum atomic E-state index is 0. The number of anilines is 2. The fraction of sp³-hybridized carbons (Fsp3) is 0.647. The summed E-state index contributed by atoms with van der Waals surface area (Å²) in [5.41, 5.74) is 1.13. The van der Waals surface area contributed by atoms with E-state index in [9.17, 15) is 4.79 Å². The van der Waals surface area contributed by atoms with Gasteiger partial charge in [0.05, 0.1) is 11.9 Å². The first-order valence-corrected chi connectivity index (χ1v) is 8.55. The fourth-order valence-electron chi connectivity index (χ4n) is 3.31. The zero-order valence-electron chi connectivity index (χ0n) is 14.5. The average Bonchev–Trinajstić information content (AvgIpc) is 2.56. The van der Waals surface area contributed by atoms with Gasteiger partial charge in [-0.15, -0.1) is 12.4 Å². The number of nitrogens with one attached hydrogen (secondary N) is 2. The van der Waals surface area contributed by atoms with Gasteiger partial charge in [0.1, 0.15) is 5.82 Å². The summed E-state index contributed by atoms with van der Waals surface area (Å²) in [7, 11) is 2.15. The molecule has 2 atom stereocenters. The summed E-state index contributed by atoms with van der Waals surface area (Å²) in [5.74, 6) is 0.836. The van der Waals surface area contributed by atoms with Gasteiger partial charge in [-0.25, -0.2) is 4.98 Å². The van der Waals surface area contributed by atoms with Crippen molar-refractivity contribution in [3.63, 3.8) is 0 Å². The number of pyridine rings is 1. The summed E-state index contributed by atoms with van der Waals surface area (Å²) in [5, 5.41) is 6.34. The molecule has 2 fully saturated rings. The van der Waals surface area contributed by atoms with Crippen LogP contribution < -0.4 is 15.5 Å². The van der Waals surface area contributed by atoms with Gasteiger partial charge in [-0.2, -0.15) is 0 Å². The molecule has 0 unspecified atom stereocenters. The third kappa shape index (κ3) is 4.82. The number of nitrogens with zero attached hydrogens (tertiary/aromatic N) is 3. The Morgan fingerprint density at radius 3 is 2.67 bits per heavy atom. The highest BCUT2D eigenvalue weighted by molar-refractivity contribution is 5.91. The van der Waals surface area contributed by atoms with E-state index in [1.807, 2.05) is 12.3 Å². The van der Waals surface area contributed by atoms with Crippen molar-refractivity contribution in [3.05, 3.63) is 18.3 Å². The summed E-state index contributed by atoms with van der Waals surface area (Å²) in [4.78, 5) is 21.4. The Morgan fingerprint density at radius 1 is 1.29 bits per heavy atom. The Morgan fingerprint density at radius 2 is 2.04 bits per heavy atom. The highest BCUT2D eigenvalue weighted by Gasteiger charge is 2.25. The number of aromatic nitrogens is 1. The van der Waals surface area contributed by atoms with Gasteiger partial charge >= 0.3 is 0 Å². The quantitative estimate of drug-likeness (QED) is 0.864. The molecule has 3 rings (SSSR count). The number of likely N-dealkylation sites (N-methyl/N-ethyl adjacent to an activating group) is 1. The third-order valence-electron chi connectivity index (χ3n) is 4.86. The Labute approximate surface area is 150 Å². The van der Waals surface area contributed by atoms with Crippen molar-refractivity contribution in [1.82, 2.24) is 15.2 Å². The van der Waals surface area contributed by atoms with Crippen LogP contribution in [-0.2, 0) is 4.79 Å². The molecule has 3 heterocycles. The Balaban J connectivity index is 0.00000208. The van der Waals surface area contributed by atoms with Gasteiger partial charge in [0.25, 0.3) is 0 Å². The number of halogens is 1. The lowest BCUT2D eigenvalue weighted by Gasteiger charge is -2.33. The van der Waals surface area contributed by atoms with Crippen LogP contribution >= 0.6 is 12.4 Å². The maximum Gasteiger partial charge on any atom is 0.228 e. The van der Waals surface area contributed by atoms with Gasteiger partial charge in [-0.1, -0.05) is 0 Å². The van der Waals surface area contributed by atoms with Crippen molar-refractivity contribution in [2.24, 2.45) is 5.92 Å². The molecular formula is C17H28ClN5O. The van der Waals surface area contributed by atoms with Crippen molar-refractivity contribution in [3.8, 4) is 0 Å². The van der Waals surface area contributed by atoms with Crippen LogP contribution in [0.3, 0.4) is 0 Å². The molecule has 0 saturated carbocycles. The van der Waals surface area contributed by atoms with Crippen LogP contribution in [0, 0.1) is 5.92 Å². The highest BCUT2D eigenvalue weighted by Crippen LogP contribution is 2.20. The van der Waals surface area contributed by atoms with Crippen molar-refractivity contribution < 1.29 is 4.79 Å². The first kappa shape index (κ1) is 19.0. The number of rotatable bonds is 3. The minimum Gasteiger partial charge on any atom is -0.368 e. The number of piperidine rings is 1. The molecule has 0 aliphatic carbocycles. The fourth-order valence-corrected chi connectivity index (χ4v) is 3.31. The molecule has 24 heavy (non-hydrogen) atoms. The summed E-state index contributed by atoms with van der Waals surface area (Å²) >= 11 is 0.